The predicted molar refractivity (Wildman–Crippen MR) is 143 cm³/mol. The molecule has 4 aromatic carbocycles. The Morgan fingerprint density at radius 1 is 0.950 bits per heavy atom. The molecule has 0 aliphatic rings. The fourth-order valence-corrected chi connectivity index (χ4v) is 4.10. The number of para-hydroxylation sites is 2. The molecule has 5 rings (SSSR count). The van der Waals surface area contributed by atoms with E-state index in [0.717, 1.165) is 16.8 Å². The molecule has 0 aliphatic heterocycles. The fourth-order valence-electron chi connectivity index (χ4n) is 4.10. The van der Waals surface area contributed by atoms with Crippen molar-refractivity contribution >= 4 is 17.1 Å². The van der Waals surface area contributed by atoms with E-state index in [2.05, 4.69) is 10.1 Å². The fraction of sp³-hybridized carbons (Fsp3) is 0.100. The third kappa shape index (κ3) is 5.56. The smallest absolute Gasteiger partial charge is 0.416 e. The van der Waals surface area contributed by atoms with Crippen LogP contribution in [0.5, 0.6) is 11.5 Å². The maximum absolute atomic E-state index is 13.6. The van der Waals surface area contributed by atoms with E-state index in [9.17, 15) is 22.4 Å². The second kappa shape index (κ2) is 11.0. The average Bonchev–Trinajstić information content (AvgIpc) is 2.95. The zero-order valence-corrected chi connectivity index (χ0v) is 21.0. The van der Waals surface area contributed by atoms with Crippen molar-refractivity contribution in [2.24, 2.45) is 5.10 Å². The number of alkyl halides is 3. The number of fused-ring (bicyclic) bond motifs is 1. The first-order chi connectivity index (χ1) is 19.2. The van der Waals surface area contributed by atoms with E-state index in [1.807, 2.05) is 0 Å². The average molecular weight is 548 g/mol. The Labute approximate surface area is 225 Å². The molecule has 40 heavy (non-hydrogen) atoms. The molecular formula is C30H21F4N3O3. The van der Waals surface area contributed by atoms with Gasteiger partial charge < -0.3 is 9.47 Å². The molecular weight excluding hydrogens is 526 g/mol. The molecule has 0 amide bonds. The number of rotatable bonds is 7. The summed E-state index contributed by atoms with van der Waals surface area (Å²) in [5, 5.41) is 4.58. The van der Waals surface area contributed by atoms with Gasteiger partial charge in [0, 0.05) is 11.1 Å². The molecule has 6 nitrogen and oxygen atoms in total. The van der Waals surface area contributed by atoms with Gasteiger partial charge in [0.05, 0.1) is 29.8 Å². The first-order valence-corrected chi connectivity index (χ1v) is 12.0. The molecule has 0 atom stereocenters. The van der Waals surface area contributed by atoms with Crippen molar-refractivity contribution in [3.63, 3.8) is 0 Å². The van der Waals surface area contributed by atoms with Crippen LogP contribution in [-0.4, -0.2) is 23.0 Å². The Morgan fingerprint density at radius 3 is 2.50 bits per heavy atom. The van der Waals surface area contributed by atoms with E-state index in [1.54, 1.807) is 54.6 Å². The van der Waals surface area contributed by atoms with Crippen molar-refractivity contribution < 1.29 is 27.0 Å². The van der Waals surface area contributed by atoms with Gasteiger partial charge in [-0.1, -0.05) is 42.5 Å². The maximum atomic E-state index is 13.6. The van der Waals surface area contributed by atoms with Gasteiger partial charge in [0.15, 0.2) is 17.3 Å². The van der Waals surface area contributed by atoms with E-state index < -0.39 is 23.1 Å². The van der Waals surface area contributed by atoms with E-state index in [0.29, 0.717) is 22.4 Å². The van der Waals surface area contributed by atoms with Crippen molar-refractivity contribution in [1.82, 2.24) is 9.66 Å². The molecule has 0 spiro atoms. The Bertz CT molecular complexity index is 1780. The van der Waals surface area contributed by atoms with Gasteiger partial charge in [-0.2, -0.15) is 22.9 Å². The molecule has 0 N–H and O–H groups in total. The Balaban J connectivity index is 1.61. The highest BCUT2D eigenvalue weighted by Crippen LogP contribution is 2.33. The molecule has 0 unspecified atom stereocenters. The van der Waals surface area contributed by atoms with Crippen LogP contribution in [0.3, 0.4) is 0 Å². The minimum atomic E-state index is -4.59. The van der Waals surface area contributed by atoms with Gasteiger partial charge in [0.25, 0.3) is 5.56 Å². The Kier molecular flexibility index (Phi) is 7.33. The normalized spacial score (nSPS) is 11.7. The summed E-state index contributed by atoms with van der Waals surface area (Å²) in [6.45, 7) is 0.0198. The lowest BCUT2D eigenvalue weighted by molar-refractivity contribution is -0.137. The van der Waals surface area contributed by atoms with Crippen molar-refractivity contribution in [2.75, 3.05) is 7.11 Å². The van der Waals surface area contributed by atoms with Gasteiger partial charge in [-0.15, -0.1) is 0 Å². The number of benzene rings is 4. The standard InChI is InChI=1S/C30H21F4N3O3/c1-39-26-14-6-9-21(27(26)40-18-19-7-4-11-23(31)15-19)17-35-37-28(20-8-5-10-22(16-20)30(32,33)34)36-25-13-3-2-12-24(25)29(37)38/h2-17H,18H2,1H3. The summed E-state index contributed by atoms with van der Waals surface area (Å²) in [7, 11) is 1.45. The van der Waals surface area contributed by atoms with Crippen molar-refractivity contribution in [3.05, 3.63) is 124 Å². The van der Waals surface area contributed by atoms with Gasteiger partial charge in [-0.25, -0.2) is 9.37 Å². The largest absolute Gasteiger partial charge is 0.493 e. The maximum Gasteiger partial charge on any atom is 0.416 e. The second-order valence-electron chi connectivity index (χ2n) is 8.69. The quantitative estimate of drug-likeness (QED) is 0.168. The molecule has 202 valence electrons. The van der Waals surface area contributed by atoms with Crippen LogP contribution in [-0.2, 0) is 12.8 Å². The Morgan fingerprint density at radius 2 is 1.73 bits per heavy atom. The zero-order valence-electron chi connectivity index (χ0n) is 21.0. The lowest BCUT2D eigenvalue weighted by Crippen LogP contribution is -2.20. The van der Waals surface area contributed by atoms with E-state index in [-0.39, 0.29) is 29.1 Å². The third-order valence-electron chi connectivity index (χ3n) is 6.02. The van der Waals surface area contributed by atoms with Crippen LogP contribution in [0, 0.1) is 5.82 Å². The van der Waals surface area contributed by atoms with E-state index in [1.165, 1.54) is 37.6 Å². The molecule has 10 heteroatoms. The van der Waals surface area contributed by atoms with Crippen molar-refractivity contribution in [1.29, 1.82) is 0 Å². The van der Waals surface area contributed by atoms with Gasteiger partial charge in [-0.05, 0) is 54.1 Å². The summed E-state index contributed by atoms with van der Waals surface area (Å²) in [5.41, 5.74) is -0.0977. The van der Waals surface area contributed by atoms with E-state index in [4.69, 9.17) is 9.47 Å². The molecule has 0 saturated heterocycles. The zero-order chi connectivity index (χ0) is 28.3. The molecule has 1 aromatic heterocycles. The Hall–Kier alpha value is -4.99. The summed E-state index contributed by atoms with van der Waals surface area (Å²) in [4.78, 5) is 17.9. The number of methoxy groups -OCH3 is 1. The summed E-state index contributed by atoms with van der Waals surface area (Å²) in [6.07, 6.45) is -3.26. The lowest BCUT2D eigenvalue weighted by atomic mass is 10.1. The number of halogens is 4. The molecule has 0 saturated carbocycles. The summed E-state index contributed by atoms with van der Waals surface area (Å²) in [6, 6.07) is 22.0. The second-order valence-corrected chi connectivity index (χ2v) is 8.69. The van der Waals surface area contributed by atoms with Crippen LogP contribution < -0.4 is 15.0 Å². The van der Waals surface area contributed by atoms with Crippen LogP contribution in [0.2, 0.25) is 0 Å². The van der Waals surface area contributed by atoms with Crippen LogP contribution >= 0.6 is 0 Å². The number of ether oxygens (including phenoxy) is 2. The highest BCUT2D eigenvalue weighted by Gasteiger charge is 2.31. The van der Waals surface area contributed by atoms with Crippen LogP contribution in [0.25, 0.3) is 22.3 Å². The monoisotopic (exact) mass is 547 g/mol. The van der Waals surface area contributed by atoms with Gasteiger partial charge in [0.2, 0.25) is 0 Å². The third-order valence-corrected chi connectivity index (χ3v) is 6.02. The number of hydrogen-bond acceptors (Lipinski definition) is 5. The topological polar surface area (TPSA) is 65.7 Å². The SMILES string of the molecule is COc1cccc(C=Nn2c(-c3cccc(C(F)(F)F)c3)nc3ccccc3c2=O)c1OCc1cccc(F)c1. The molecule has 0 aliphatic carbocycles. The first-order valence-electron chi connectivity index (χ1n) is 12.0. The van der Waals surface area contributed by atoms with Gasteiger partial charge >= 0.3 is 6.18 Å². The molecule has 0 bridgehead atoms. The highest BCUT2D eigenvalue weighted by atomic mass is 19.4. The number of nitrogens with zero attached hydrogens (tertiary/aromatic N) is 3. The molecule has 5 aromatic rings. The summed E-state index contributed by atoms with van der Waals surface area (Å²) >= 11 is 0. The van der Waals surface area contributed by atoms with Gasteiger partial charge in [0.1, 0.15) is 12.4 Å². The first kappa shape index (κ1) is 26.6. The van der Waals surface area contributed by atoms with Gasteiger partial charge in [-0.3, -0.25) is 4.79 Å². The van der Waals surface area contributed by atoms with Crippen LogP contribution in [0.15, 0.2) is 101 Å². The summed E-state index contributed by atoms with van der Waals surface area (Å²) in [5.74, 6) is 0.159. The number of aromatic nitrogens is 2. The van der Waals surface area contributed by atoms with Crippen LogP contribution in [0.4, 0.5) is 17.6 Å². The highest BCUT2D eigenvalue weighted by molar-refractivity contribution is 5.86. The number of hydrogen-bond donors (Lipinski definition) is 0. The minimum absolute atomic E-state index is 0.0198. The van der Waals surface area contributed by atoms with E-state index >= 15 is 0 Å². The van der Waals surface area contributed by atoms with Crippen molar-refractivity contribution in [3.8, 4) is 22.9 Å². The summed E-state index contributed by atoms with van der Waals surface area (Å²) < 4.78 is 66.3. The van der Waals surface area contributed by atoms with Crippen LogP contribution in [0.1, 0.15) is 16.7 Å². The minimum Gasteiger partial charge on any atom is -0.493 e. The van der Waals surface area contributed by atoms with Crippen molar-refractivity contribution in [2.45, 2.75) is 12.8 Å². The molecule has 0 fully saturated rings. The lowest BCUT2D eigenvalue weighted by Gasteiger charge is -2.14. The molecule has 1 heterocycles. The molecule has 0 radical (unpaired) electrons. The predicted octanol–water partition coefficient (Wildman–Crippen LogP) is 6.69.